The topological polar surface area (TPSA) is 105 Å². The van der Waals surface area contributed by atoms with E-state index >= 15 is 0 Å². The molecule has 8 heteroatoms. The third-order valence-corrected chi connectivity index (χ3v) is 4.31. The zero-order valence-corrected chi connectivity index (χ0v) is 17.9. The number of carbonyl (C=O) groups is 4. The van der Waals surface area contributed by atoms with Crippen LogP contribution in [0.25, 0.3) is 0 Å². The average molecular weight is 428 g/mol. The third kappa shape index (κ3) is 7.26. The fraction of sp³-hybridized carbons (Fsp3) is 0.304. The van der Waals surface area contributed by atoms with Crippen LogP contribution < -0.4 is 0 Å². The van der Waals surface area contributed by atoms with Gasteiger partial charge in [0.1, 0.15) is 6.42 Å². The van der Waals surface area contributed by atoms with Crippen molar-refractivity contribution in [3.8, 4) is 0 Å². The van der Waals surface area contributed by atoms with Crippen LogP contribution in [0.4, 0.5) is 0 Å². The van der Waals surface area contributed by atoms with E-state index in [0.29, 0.717) is 11.1 Å². The molecule has 8 nitrogen and oxygen atoms in total. The van der Waals surface area contributed by atoms with Crippen molar-refractivity contribution in [2.75, 3.05) is 13.6 Å². The predicted octanol–water partition coefficient (Wildman–Crippen LogP) is 3.33. The van der Waals surface area contributed by atoms with E-state index in [9.17, 15) is 19.2 Å². The molecule has 0 N–H and O–H groups in total. The van der Waals surface area contributed by atoms with Crippen LogP contribution in [-0.2, 0) is 28.5 Å². The summed E-state index contributed by atoms with van der Waals surface area (Å²) in [5.74, 6) is -3.18. The summed E-state index contributed by atoms with van der Waals surface area (Å²) < 4.78 is 19.2. The first-order valence-corrected chi connectivity index (χ1v) is 9.47. The van der Waals surface area contributed by atoms with Crippen molar-refractivity contribution < 1.29 is 38.1 Å². The summed E-state index contributed by atoms with van der Waals surface area (Å²) in [6, 6.07) is 10.4. The summed E-state index contributed by atoms with van der Waals surface area (Å²) in [5, 5.41) is 0. The molecule has 2 aromatic rings. The van der Waals surface area contributed by atoms with Gasteiger partial charge < -0.3 is 18.9 Å². The first kappa shape index (κ1) is 23.6. The smallest absolute Gasteiger partial charge is 0.341 e. The van der Waals surface area contributed by atoms with E-state index in [2.05, 4.69) is 0 Å². The summed E-state index contributed by atoms with van der Waals surface area (Å²) in [7, 11) is 0. The minimum absolute atomic E-state index is 0.353. The quantitative estimate of drug-likeness (QED) is 0.358. The first-order chi connectivity index (χ1) is 14.7. The molecular formula is C23H24O8. The molecule has 0 aliphatic heterocycles. The molecule has 0 aliphatic carbocycles. The van der Waals surface area contributed by atoms with E-state index in [4.69, 9.17) is 18.9 Å². The van der Waals surface area contributed by atoms with Crippen molar-refractivity contribution in [3.63, 3.8) is 0 Å². The Bertz CT molecular complexity index is 914. The second-order valence-electron chi connectivity index (χ2n) is 6.95. The van der Waals surface area contributed by atoms with Gasteiger partial charge in [0.15, 0.2) is 0 Å². The largest absolute Gasteiger partial charge is 0.427 e. The maximum Gasteiger partial charge on any atom is 0.341 e. The third-order valence-electron chi connectivity index (χ3n) is 4.31. The van der Waals surface area contributed by atoms with Crippen molar-refractivity contribution in [3.05, 3.63) is 69.8 Å². The molecule has 0 unspecified atom stereocenters. The molecule has 0 radical (unpaired) electrons. The molecule has 31 heavy (non-hydrogen) atoms. The number of benzene rings is 2. The van der Waals surface area contributed by atoms with Gasteiger partial charge in [-0.3, -0.25) is 9.59 Å². The van der Waals surface area contributed by atoms with Crippen LogP contribution >= 0.6 is 0 Å². The summed E-state index contributed by atoms with van der Waals surface area (Å²) in [6.07, 6.45) is -0.720. The Balaban J connectivity index is 1.68. The Morgan fingerprint density at radius 1 is 0.613 bits per heavy atom. The maximum atomic E-state index is 12.0. The minimum Gasteiger partial charge on any atom is -0.427 e. The molecule has 0 atom stereocenters. The molecular weight excluding hydrogens is 404 g/mol. The molecule has 0 amide bonds. The van der Waals surface area contributed by atoms with E-state index < -0.39 is 43.9 Å². The molecule has 2 aromatic carbocycles. The van der Waals surface area contributed by atoms with E-state index in [1.807, 2.05) is 26.0 Å². The fourth-order valence-electron chi connectivity index (χ4n) is 2.76. The summed E-state index contributed by atoms with van der Waals surface area (Å²) in [5.41, 5.74) is 4.17. The van der Waals surface area contributed by atoms with Crippen LogP contribution in [0.2, 0.25) is 0 Å². The molecule has 0 spiro atoms. The van der Waals surface area contributed by atoms with Gasteiger partial charge in [-0.2, -0.15) is 0 Å². The lowest BCUT2D eigenvalue weighted by Gasteiger charge is -2.09. The highest BCUT2D eigenvalue weighted by atomic mass is 16.7. The number of hydrogen-bond acceptors (Lipinski definition) is 8. The molecule has 0 bridgehead atoms. The van der Waals surface area contributed by atoms with Gasteiger partial charge in [-0.15, -0.1) is 0 Å². The van der Waals surface area contributed by atoms with E-state index in [1.54, 1.807) is 38.1 Å². The van der Waals surface area contributed by atoms with Crippen LogP contribution in [0.5, 0.6) is 0 Å². The molecule has 0 aromatic heterocycles. The summed E-state index contributed by atoms with van der Waals surface area (Å²) >= 11 is 0. The number of esters is 4. The van der Waals surface area contributed by atoms with Crippen molar-refractivity contribution in [2.24, 2.45) is 0 Å². The number of rotatable bonds is 8. The summed E-state index contributed by atoms with van der Waals surface area (Å²) in [6.45, 7) is 6.04. The molecule has 164 valence electrons. The van der Waals surface area contributed by atoms with Crippen molar-refractivity contribution in [1.82, 2.24) is 0 Å². The fourth-order valence-corrected chi connectivity index (χ4v) is 2.76. The first-order valence-electron chi connectivity index (χ1n) is 9.47. The van der Waals surface area contributed by atoms with Crippen LogP contribution in [0, 0.1) is 27.7 Å². The average Bonchev–Trinajstić information content (AvgIpc) is 2.67. The van der Waals surface area contributed by atoms with Gasteiger partial charge >= 0.3 is 23.9 Å². The van der Waals surface area contributed by atoms with Crippen molar-refractivity contribution in [2.45, 2.75) is 34.1 Å². The number of ether oxygens (including phenoxy) is 4. The van der Waals surface area contributed by atoms with E-state index in [1.165, 1.54) is 0 Å². The van der Waals surface area contributed by atoms with Crippen LogP contribution in [0.1, 0.15) is 49.4 Å². The van der Waals surface area contributed by atoms with Gasteiger partial charge in [0.2, 0.25) is 13.6 Å². The lowest BCUT2D eigenvalue weighted by molar-refractivity contribution is -0.163. The normalized spacial score (nSPS) is 10.2. The maximum absolute atomic E-state index is 12.0. The Kier molecular flexibility index (Phi) is 8.31. The molecule has 0 fully saturated rings. The van der Waals surface area contributed by atoms with Crippen LogP contribution in [0.15, 0.2) is 36.4 Å². The second-order valence-corrected chi connectivity index (χ2v) is 6.95. The number of carbonyl (C=O) groups excluding carboxylic acids is 4. The number of aryl methyl sites for hydroxylation is 4. The molecule has 0 saturated carbocycles. The molecule has 0 saturated heterocycles. The molecule has 0 heterocycles. The monoisotopic (exact) mass is 428 g/mol. The molecule has 0 aliphatic rings. The van der Waals surface area contributed by atoms with Gasteiger partial charge in [0.25, 0.3) is 0 Å². The number of hydrogen-bond donors (Lipinski definition) is 0. The minimum atomic E-state index is -0.945. The summed E-state index contributed by atoms with van der Waals surface area (Å²) in [4.78, 5) is 47.3. The Hall–Kier alpha value is -3.68. The van der Waals surface area contributed by atoms with Gasteiger partial charge in [-0.05, 0) is 51.0 Å². The predicted molar refractivity (Wildman–Crippen MR) is 109 cm³/mol. The van der Waals surface area contributed by atoms with Gasteiger partial charge in [-0.25, -0.2) is 9.59 Å². The van der Waals surface area contributed by atoms with Crippen molar-refractivity contribution in [1.29, 1.82) is 0 Å². The van der Waals surface area contributed by atoms with Gasteiger partial charge in [0, 0.05) is 0 Å². The highest BCUT2D eigenvalue weighted by molar-refractivity contribution is 5.93. The van der Waals surface area contributed by atoms with E-state index in [0.717, 1.165) is 22.3 Å². The highest BCUT2D eigenvalue weighted by Crippen LogP contribution is 2.13. The van der Waals surface area contributed by atoms with Crippen LogP contribution in [0.3, 0.4) is 0 Å². The van der Waals surface area contributed by atoms with Gasteiger partial charge in [0.05, 0.1) is 11.1 Å². The lowest BCUT2D eigenvalue weighted by Crippen LogP contribution is -2.19. The van der Waals surface area contributed by atoms with Crippen molar-refractivity contribution >= 4 is 23.9 Å². The Morgan fingerprint density at radius 2 is 1.00 bits per heavy atom. The lowest BCUT2D eigenvalue weighted by atomic mass is 10.1. The standard InChI is InChI=1S/C23H24O8/c1-14-5-7-18(16(3)9-14)22(26)30-12-28-20(24)11-21(25)29-13-31-23(27)19-8-6-15(2)10-17(19)4/h5-10H,11-13H2,1-4H3. The zero-order chi connectivity index (χ0) is 23.0. The highest BCUT2D eigenvalue weighted by Gasteiger charge is 2.16. The van der Waals surface area contributed by atoms with Crippen LogP contribution in [-0.4, -0.2) is 37.5 Å². The SMILES string of the molecule is Cc1ccc(C(=O)OCOC(=O)CC(=O)OCOC(=O)c2ccc(C)cc2C)c(C)c1. The Morgan fingerprint density at radius 3 is 1.35 bits per heavy atom. The molecule has 2 rings (SSSR count). The zero-order valence-electron chi connectivity index (χ0n) is 17.9. The second kappa shape index (κ2) is 10.9. The van der Waals surface area contributed by atoms with E-state index in [-0.39, 0.29) is 0 Å². The van der Waals surface area contributed by atoms with Gasteiger partial charge in [-0.1, -0.05) is 35.4 Å². The Labute approximate surface area is 180 Å².